The van der Waals surface area contributed by atoms with E-state index in [0.29, 0.717) is 6.54 Å². The van der Waals surface area contributed by atoms with Crippen molar-refractivity contribution in [2.45, 2.75) is 13.0 Å². The summed E-state index contributed by atoms with van der Waals surface area (Å²) >= 11 is 3.44. The van der Waals surface area contributed by atoms with Crippen LogP contribution in [0.5, 0.6) is 0 Å². The molecule has 2 heterocycles. The highest BCUT2D eigenvalue weighted by Gasteiger charge is 2.28. The van der Waals surface area contributed by atoms with Crippen LogP contribution in [0.3, 0.4) is 0 Å². The predicted molar refractivity (Wildman–Crippen MR) is 74.7 cm³/mol. The van der Waals surface area contributed by atoms with Crippen molar-refractivity contribution in [1.82, 2.24) is 15.6 Å². The number of hydrogen-bond donors (Lipinski definition) is 2. The fourth-order valence-corrected chi connectivity index (χ4v) is 2.29. The van der Waals surface area contributed by atoms with Gasteiger partial charge in [-0.2, -0.15) is 0 Å². The fourth-order valence-electron chi connectivity index (χ4n) is 2.07. The Kier molecular flexibility index (Phi) is 4.19. The summed E-state index contributed by atoms with van der Waals surface area (Å²) in [6.45, 7) is 4.25. The second kappa shape index (κ2) is 5.67. The minimum absolute atomic E-state index is 0.0181. The summed E-state index contributed by atoms with van der Waals surface area (Å²) in [5, 5.41) is 5.94. The second-order valence-corrected chi connectivity index (χ2v) is 5.12. The van der Waals surface area contributed by atoms with Crippen molar-refractivity contribution in [1.29, 1.82) is 0 Å². The van der Waals surface area contributed by atoms with Gasteiger partial charge in [-0.1, -0.05) is 0 Å². The van der Waals surface area contributed by atoms with Crippen molar-refractivity contribution in [2.24, 2.45) is 0 Å². The van der Waals surface area contributed by atoms with E-state index in [9.17, 15) is 4.79 Å². The molecule has 0 bridgehead atoms. The van der Waals surface area contributed by atoms with Gasteiger partial charge in [-0.05, 0) is 35.0 Å². The molecule has 1 aromatic heterocycles. The van der Waals surface area contributed by atoms with Gasteiger partial charge in [-0.3, -0.25) is 4.79 Å². The zero-order chi connectivity index (χ0) is 13.1. The fraction of sp³-hybridized carbons (Fsp3) is 0.500. The zero-order valence-corrected chi connectivity index (χ0v) is 12.1. The molecular formula is C12H17BrN4O. The Morgan fingerprint density at radius 1 is 1.61 bits per heavy atom. The smallest absolute Gasteiger partial charge is 0.243 e. The van der Waals surface area contributed by atoms with E-state index >= 15 is 0 Å². The number of hydrogen-bond acceptors (Lipinski definition) is 4. The molecule has 2 N–H and O–H groups in total. The van der Waals surface area contributed by atoms with Gasteiger partial charge < -0.3 is 15.5 Å². The molecular weight excluding hydrogens is 296 g/mol. The van der Waals surface area contributed by atoms with Crippen molar-refractivity contribution < 1.29 is 4.79 Å². The van der Waals surface area contributed by atoms with Crippen LogP contribution < -0.4 is 15.5 Å². The van der Waals surface area contributed by atoms with Crippen molar-refractivity contribution >= 4 is 27.7 Å². The predicted octanol–water partition coefficient (Wildman–Crippen LogP) is 0.677. The summed E-state index contributed by atoms with van der Waals surface area (Å²) in [5.41, 5.74) is 0.932. The molecule has 0 saturated carbocycles. The Morgan fingerprint density at radius 2 is 2.39 bits per heavy atom. The number of pyridine rings is 1. The maximum Gasteiger partial charge on any atom is 0.243 e. The van der Waals surface area contributed by atoms with E-state index in [1.807, 2.05) is 19.1 Å². The van der Waals surface area contributed by atoms with Gasteiger partial charge in [0.1, 0.15) is 11.9 Å². The first kappa shape index (κ1) is 13.3. The molecule has 18 heavy (non-hydrogen) atoms. The van der Waals surface area contributed by atoms with Gasteiger partial charge in [-0.25, -0.2) is 4.98 Å². The van der Waals surface area contributed by atoms with E-state index in [0.717, 1.165) is 29.1 Å². The van der Waals surface area contributed by atoms with Gasteiger partial charge in [0.05, 0.1) is 5.69 Å². The lowest BCUT2D eigenvalue weighted by atomic mass is 10.1. The lowest BCUT2D eigenvalue weighted by Gasteiger charge is -2.35. The highest BCUT2D eigenvalue weighted by atomic mass is 79.9. The van der Waals surface area contributed by atoms with Crippen LogP contribution in [0.4, 0.5) is 5.82 Å². The molecule has 1 amide bonds. The molecule has 0 spiro atoms. The number of carbonyl (C=O) groups is 1. The third-order valence-electron chi connectivity index (χ3n) is 3.09. The Balaban J connectivity index is 2.27. The molecule has 0 aromatic carbocycles. The molecule has 1 aliphatic heterocycles. The molecule has 1 aliphatic rings. The summed E-state index contributed by atoms with van der Waals surface area (Å²) in [7, 11) is 1.66. The van der Waals surface area contributed by atoms with Crippen LogP contribution in [0.25, 0.3) is 0 Å². The summed E-state index contributed by atoms with van der Waals surface area (Å²) in [6, 6.07) is 3.72. The van der Waals surface area contributed by atoms with Crippen molar-refractivity contribution in [3.8, 4) is 0 Å². The van der Waals surface area contributed by atoms with Gasteiger partial charge in [-0.15, -0.1) is 0 Å². The van der Waals surface area contributed by atoms with Crippen LogP contribution in [0.2, 0.25) is 0 Å². The monoisotopic (exact) mass is 312 g/mol. The SMILES string of the molecule is CNC(=O)C1CNCCN1c1ccc(Br)c(C)n1. The van der Waals surface area contributed by atoms with Crippen molar-refractivity contribution in [3.63, 3.8) is 0 Å². The number of nitrogens with one attached hydrogen (secondary N) is 2. The number of carbonyl (C=O) groups excluding carboxylic acids is 1. The summed E-state index contributed by atoms with van der Waals surface area (Å²) in [5.74, 6) is 0.871. The average molecular weight is 313 g/mol. The van der Waals surface area contributed by atoms with Crippen LogP contribution in [-0.2, 0) is 4.79 Å². The minimum atomic E-state index is -0.197. The maximum atomic E-state index is 11.9. The largest absolute Gasteiger partial charge is 0.357 e. The summed E-state index contributed by atoms with van der Waals surface area (Å²) < 4.78 is 0.984. The second-order valence-electron chi connectivity index (χ2n) is 4.26. The molecule has 0 radical (unpaired) electrons. The molecule has 1 saturated heterocycles. The number of likely N-dealkylation sites (N-methyl/N-ethyl adjacent to an activating group) is 1. The standard InChI is InChI=1S/C12H17BrN4O/c1-8-9(13)3-4-11(16-8)17-6-5-15-7-10(17)12(18)14-2/h3-4,10,15H,5-7H2,1-2H3,(H,14,18). The average Bonchev–Trinajstić information content (AvgIpc) is 2.41. The third kappa shape index (κ3) is 2.64. The van der Waals surface area contributed by atoms with Gasteiger partial charge in [0.15, 0.2) is 0 Å². The number of aryl methyl sites for hydroxylation is 1. The van der Waals surface area contributed by atoms with Crippen LogP contribution in [0.15, 0.2) is 16.6 Å². The van der Waals surface area contributed by atoms with Crippen LogP contribution in [0, 0.1) is 6.92 Å². The highest BCUT2D eigenvalue weighted by Crippen LogP contribution is 2.21. The number of amides is 1. The molecule has 6 heteroatoms. The van der Waals surface area contributed by atoms with E-state index in [1.165, 1.54) is 0 Å². The summed E-state index contributed by atoms with van der Waals surface area (Å²) in [4.78, 5) is 18.5. The lowest BCUT2D eigenvalue weighted by molar-refractivity contribution is -0.122. The Labute approximate surface area is 115 Å². The maximum absolute atomic E-state index is 11.9. The number of halogens is 1. The molecule has 2 rings (SSSR count). The van der Waals surface area contributed by atoms with E-state index in [-0.39, 0.29) is 11.9 Å². The Bertz CT molecular complexity index is 452. The first-order valence-corrected chi connectivity index (χ1v) is 6.75. The quantitative estimate of drug-likeness (QED) is 0.843. The highest BCUT2D eigenvalue weighted by molar-refractivity contribution is 9.10. The number of anilines is 1. The van der Waals surface area contributed by atoms with Gasteiger partial charge >= 0.3 is 0 Å². The molecule has 98 valence electrons. The first-order chi connectivity index (χ1) is 8.63. The number of rotatable bonds is 2. The van der Waals surface area contributed by atoms with Gasteiger partial charge in [0, 0.05) is 31.2 Å². The van der Waals surface area contributed by atoms with E-state index in [4.69, 9.17) is 0 Å². The normalized spacial score (nSPS) is 19.7. The van der Waals surface area contributed by atoms with Crippen molar-refractivity contribution in [2.75, 3.05) is 31.6 Å². The third-order valence-corrected chi connectivity index (χ3v) is 3.93. The van der Waals surface area contributed by atoms with Gasteiger partial charge in [0.2, 0.25) is 5.91 Å². The van der Waals surface area contributed by atoms with E-state index in [1.54, 1.807) is 7.05 Å². The summed E-state index contributed by atoms with van der Waals surface area (Å²) in [6.07, 6.45) is 0. The molecule has 1 atom stereocenters. The van der Waals surface area contributed by atoms with Crippen LogP contribution in [-0.4, -0.2) is 43.6 Å². The van der Waals surface area contributed by atoms with E-state index < -0.39 is 0 Å². The first-order valence-electron chi connectivity index (χ1n) is 5.95. The van der Waals surface area contributed by atoms with Gasteiger partial charge in [0.25, 0.3) is 0 Å². The van der Waals surface area contributed by atoms with E-state index in [2.05, 4.69) is 36.4 Å². The molecule has 0 aliphatic carbocycles. The molecule has 1 unspecified atom stereocenters. The Hall–Kier alpha value is -1.14. The number of piperazine rings is 1. The zero-order valence-electron chi connectivity index (χ0n) is 10.5. The number of nitrogens with zero attached hydrogens (tertiary/aromatic N) is 2. The van der Waals surface area contributed by atoms with Crippen LogP contribution >= 0.6 is 15.9 Å². The minimum Gasteiger partial charge on any atom is -0.357 e. The van der Waals surface area contributed by atoms with Crippen molar-refractivity contribution in [3.05, 3.63) is 22.3 Å². The topological polar surface area (TPSA) is 57.3 Å². The molecule has 5 nitrogen and oxygen atoms in total. The Morgan fingerprint density at radius 3 is 3.06 bits per heavy atom. The lowest BCUT2D eigenvalue weighted by Crippen LogP contribution is -2.57. The van der Waals surface area contributed by atoms with Crippen LogP contribution in [0.1, 0.15) is 5.69 Å². The molecule has 1 aromatic rings. The number of aromatic nitrogens is 1. The molecule has 1 fully saturated rings.